The standard InChI is InChI=1S/2C54H35N3/c1-4-14-36(15-5-1)37-24-28-42(29-25-37)57-52-33-27-39(38-26-32-51-47(34-38)44-21-11-12-22-49(44)55(51)40-16-6-2-7-17-40)35-48(52)46-31-30-45-43-20-10-13-23-50(43)56(53(45)54(46)57)41-18-8-3-9-19-41;1-4-14-36(15-5-1)37-24-28-42(29-25-37)56-51-32-27-39(38-26-31-50-46(34-38)44-21-11-12-22-48(44)55(50)40-16-6-2-7-17-40)35-47(51)53-52(56)33-30-45-43-20-10-13-23-49(43)57(54(45)53)41-18-8-3-9-19-41/h2*1-35H. The SMILES string of the molecule is c1ccc(-c2ccc(-n3c4ccc(-c5ccc6c(c5)c5ccccc5n6-c5ccccc5)cc4c4c3ccc3c5ccccc5n(-c5ccccc5)c34)cc2)cc1.c1ccc(-c2ccc(-n3c4ccc(-c5ccc6c(c5)c5ccccc5n6-c5ccccc5)cc4c4ccc5c6ccccc6n(-c6ccccc6)c5c43)cc2)cc1. The topological polar surface area (TPSA) is 29.6 Å². The van der Waals surface area contributed by atoms with E-state index in [9.17, 15) is 0 Å². The minimum Gasteiger partial charge on any atom is -0.309 e. The van der Waals surface area contributed by atoms with Crippen LogP contribution in [0.5, 0.6) is 0 Å². The molecule has 0 atom stereocenters. The lowest BCUT2D eigenvalue weighted by Crippen LogP contribution is -1.98. The molecule has 24 aromatic rings. The van der Waals surface area contributed by atoms with E-state index in [0.717, 1.165) is 22.7 Å². The second-order valence-corrected chi connectivity index (χ2v) is 29.9. The molecule has 0 aliphatic rings. The second-order valence-electron chi connectivity index (χ2n) is 29.9. The molecule has 6 aromatic heterocycles. The summed E-state index contributed by atoms with van der Waals surface area (Å²) in [6.45, 7) is 0. The van der Waals surface area contributed by atoms with E-state index < -0.39 is 0 Å². The van der Waals surface area contributed by atoms with E-state index in [1.807, 2.05) is 0 Å². The third-order valence-electron chi connectivity index (χ3n) is 23.7. The van der Waals surface area contributed by atoms with Crippen molar-refractivity contribution in [2.45, 2.75) is 0 Å². The van der Waals surface area contributed by atoms with E-state index in [4.69, 9.17) is 0 Å². The normalized spacial score (nSPS) is 11.9. The fraction of sp³-hybridized carbons (Fsp3) is 0. The Morgan fingerprint density at radius 3 is 0.737 bits per heavy atom. The summed E-state index contributed by atoms with van der Waals surface area (Å²) in [5.41, 5.74) is 31.0. The molecule has 18 aromatic carbocycles. The number of aromatic nitrogens is 6. The van der Waals surface area contributed by atoms with Gasteiger partial charge in [-0.2, -0.15) is 0 Å². The van der Waals surface area contributed by atoms with Crippen LogP contribution in [0.25, 0.3) is 209 Å². The van der Waals surface area contributed by atoms with Gasteiger partial charge in [-0.1, -0.05) is 273 Å². The molecule has 6 heterocycles. The minimum absolute atomic E-state index is 1.13. The molecule has 0 unspecified atom stereocenters. The highest BCUT2D eigenvalue weighted by Crippen LogP contribution is 2.47. The van der Waals surface area contributed by atoms with Gasteiger partial charge in [-0.25, -0.2) is 0 Å². The molecule has 0 radical (unpaired) electrons. The monoisotopic (exact) mass is 1450 g/mol. The molecule has 6 heteroatoms. The van der Waals surface area contributed by atoms with Gasteiger partial charge in [0, 0.05) is 98.8 Å². The summed E-state index contributed by atoms with van der Waals surface area (Å²) < 4.78 is 14.6. The summed E-state index contributed by atoms with van der Waals surface area (Å²) in [6.07, 6.45) is 0. The van der Waals surface area contributed by atoms with Crippen molar-refractivity contribution in [1.29, 1.82) is 0 Å². The van der Waals surface area contributed by atoms with Gasteiger partial charge in [0.15, 0.2) is 0 Å². The number of rotatable bonds is 10. The van der Waals surface area contributed by atoms with E-state index in [2.05, 4.69) is 452 Å². The van der Waals surface area contributed by atoms with Crippen molar-refractivity contribution in [1.82, 2.24) is 27.4 Å². The highest BCUT2D eigenvalue weighted by Gasteiger charge is 2.26. The predicted octanol–water partition coefficient (Wildman–Crippen LogP) is 28.6. The zero-order valence-electron chi connectivity index (χ0n) is 62.1. The van der Waals surface area contributed by atoms with Crippen LogP contribution in [0.4, 0.5) is 0 Å². The molecule has 0 N–H and O–H groups in total. The number of benzene rings is 18. The summed E-state index contributed by atoms with van der Waals surface area (Å²) in [4.78, 5) is 0. The maximum absolute atomic E-state index is 2.49. The first-order valence-corrected chi connectivity index (χ1v) is 39.2. The average Bonchev–Trinajstić information content (AvgIpc) is 1.55. The highest BCUT2D eigenvalue weighted by atomic mass is 15.1. The number of hydrogen-bond acceptors (Lipinski definition) is 0. The van der Waals surface area contributed by atoms with E-state index in [-0.39, 0.29) is 0 Å². The lowest BCUT2D eigenvalue weighted by atomic mass is 10.00. The lowest BCUT2D eigenvalue weighted by Gasteiger charge is -2.13. The Morgan fingerprint density at radius 2 is 0.333 bits per heavy atom. The molecule has 0 spiro atoms. The van der Waals surface area contributed by atoms with Gasteiger partial charge in [0.2, 0.25) is 0 Å². The molecule has 0 amide bonds. The summed E-state index contributed by atoms with van der Waals surface area (Å²) in [6, 6.07) is 155. The van der Waals surface area contributed by atoms with Gasteiger partial charge in [-0.3, -0.25) is 0 Å². The van der Waals surface area contributed by atoms with Crippen LogP contribution >= 0.6 is 0 Å². The largest absolute Gasteiger partial charge is 0.309 e. The summed E-state index contributed by atoms with van der Waals surface area (Å²) in [5, 5.41) is 14.9. The summed E-state index contributed by atoms with van der Waals surface area (Å²) >= 11 is 0. The van der Waals surface area contributed by atoms with Crippen molar-refractivity contribution in [3.05, 3.63) is 425 Å². The molecule has 532 valence electrons. The molecule has 114 heavy (non-hydrogen) atoms. The Hall–Kier alpha value is -15.2. The van der Waals surface area contributed by atoms with Crippen LogP contribution < -0.4 is 0 Å². The van der Waals surface area contributed by atoms with Gasteiger partial charge < -0.3 is 27.4 Å². The molecule has 24 rings (SSSR count). The van der Waals surface area contributed by atoms with Crippen molar-refractivity contribution >= 4 is 131 Å². The Kier molecular flexibility index (Phi) is 14.9. The van der Waals surface area contributed by atoms with Crippen molar-refractivity contribution in [3.63, 3.8) is 0 Å². The van der Waals surface area contributed by atoms with E-state index in [1.165, 1.54) is 187 Å². The molecule has 0 saturated heterocycles. The van der Waals surface area contributed by atoms with Crippen LogP contribution in [-0.2, 0) is 0 Å². The Morgan fingerprint density at radius 1 is 0.114 bits per heavy atom. The van der Waals surface area contributed by atoms with Crippen molar-refractivity contribution < 1.29 is 0 Å². The van der Waals surface area contributed by atoms with Gasteiger partial charge >= 0.3 is 0 Å². The van der Waals surface area contributed by atoms with E-state index >= 15 is 0 Å². The third-order valence-corrected chi connectivity index (χ3v) is 23.7. The fourth-order valence-corrected chi connectivity index (χ4v) is 18.6. The van der Waals surface area contributed by atoms with Crippen LogP contribution in [0.15, 0.2) is 425 Å². The summed E-state index contributed by atoms with van der Waals surface area (Å²) in [5.74, 6) is 0. The van der Waals surface area contributed by atoms with Gasteiger partial charge in [-0.15, -0.1) is 0 Å². The van der Waals surface area contributed by atoms with Crippen LogP contribution in [0.3, 0.4) is 0 Å². The third kappa shape index (κ3) is 10.2. The molecule has 6 nitrogen and oxygen atoms in total. The number of para-hydroxylation sites is 8. The zero-order valence-corrected chi connectivity index (χ0v) is 62.1. The zero-order chi connectivity index (χ0) is 74.9. The maximum atomic E-state index is 2.49. The number of hydrogen-bond donors (Lipinski definition) is 0. The number of nitrogens with zero attached hydrogens (tertiary/aromatic N) is 6. The van der Waals surface area contributed by atoms with Gasteiger partial charge in [0.25, 0.3) is 0 Å². The van der Waals surface area contributed by atoms with Gasteiger partial charge in [-0.05, 0) is 196 Å². The molecule has 0 aliphatic carbocycles. The Balaban J connectivity index is 0.000000135. The highest BCUT2D eigenvalue weighted by molar-refractivity contribution is 6.28. The van der Waals surface area contributed by atoms with Gasteiger partial charge in [0.1, 0.15) is 0 Å². The minimum atomic E-state index is 1.13. The first-order chi connectivity index (χ1) is 56.6. The fourth-order valence-electron chi connectivity index (χ4n) is 18.6. The predicted molar refractivity (Wildman–Crippen MR) is 481 cm³/mol. The molecule has 0 fully saturated rings. The summed E-state index contributed by atoms with van der Waals surface area (Å²) in [7, 11) is 0. The molecular weight excluding hydrogens is 1380 g/mol. The van der Waals surface area contributed by atoms with Crippen LogP contribution in [0.1, 0.15) is 0 Å². The van der Waals surface area contributed by atoms with Crippen LogP contribution in [0.2, 0.25) is 0 Å². The first kappa shape index (κ1) is 64.7. The molecule has 0 bridgehead atoms. The van der Waals surface area contributed by atoms with Crippen LogP contribution in [0, 0.1) is 0 Å². The quantitative estimate of drug-likeness (QED) is 0.131. The van der Waals surface area contributed by atoms with Crippen LogP contribution in [-0.4, -0.2) is 27.4 Å². The number of fused-ring (bicyclic) bond motifs is 20. The van der Waals surface area contributed by atoms with Crippen molar-refractivity contribution in [3.8, 4) is 78.6 Å². The second kappa shape index (κ2) is 26.2. The smallest absolute Gasteiger partial charge is 0.0788 e. The maximum Gasteiger partial charge on any atom is 0.0788 e. The Labute approximate surface area is 657 Å². The molecular formula is C108H70N6. The average molecular weight is 1450 g/mol. The van der Waals surface area contributed by atoms with Gasteiger partial charge in [0.05, 0.1) is 66.2 Å². The first-order valence-electron chi connectivity index (χ1n) is 39.2. The molecule has 0 saturated carbocycles. The lowest BCUT2D eigenvalue weighted by molar-refractivity contribution is 1.15. The van der Waals surface area contributed by atoms with Crippen molar-refractivity contribution in [2.75, 3.05) is 0 Å². The van der Waals surface area contributed by atoms with E-state index in [1.54, 1.807) is 0 Å². The van der Waals surface area contributed by atoms with Crippen molar-refractivity contribution in [2.24, 2.45) is 0 Å². The Bertz CT molecular complexity index is 7890. The molecule has 0 aliphatic heterocycles. The van der Waals surface area contributed by atoms with E-state index in [0.29, 0.717) is 0 Å².